The van der Waals surface area contributed by atoms with Crippen LogP contribution < -0.4 is 10.5 Å². The number of ether oxygens (including phenoxy) is 1. The molecule has 6 heteroatoms. The molecule has 27 heavy (non-hydrogen) atoms. The standard InChI is InChI=1S/C21H23N3O3/c1-13-11-15(7-4-5-10-18(25)26)12-14(2)20(13)27-17-9-6-8-16-19(17)23-21(22)24(16)3/h4,6-9,11-12H,5,10H2,1-3H3,(H2,22,23)(H,25,26). The fourth-order valence-corrected chi connectivity index (χ4v) is 3.07. The second kappa shape index (κ2) is 7.53. The number of rotatable bonds is 6. The fourth-order valence-electron chi connectivity index (χ4n) is 3.07. The summed E-state index contributed by atoms with van der Waals surface area (Å²) in [4.78, 5) is 15.0. The van der Waals surface area contributed by atoms with Crippen molar-refractivity contribution in [3.8, 4) is 11.5 Å². The molecule has 1 heterocycles. The highest BCUT2D eigenvalue weighted by Crippen LogP contribution is 2.34. The van der Waals surface area contributed by atoms with E-state index in [2.05, 4.69) is 4.98 Å². The van der Waals surface area contributed by atoms with Gasteiger partial charge in [0.25, 0.3) is 0 Å². The minimum absolute atomic E-state index is 0.132. The molecule has 3 rings (SSSR count). The van der Waals surface area contributed by atoms with Gasteiger partial charge in [-0.2, -0.15) is 0 Å². The molecule has 0 aliphatic rings. The van der Waals surface area contributed by atoms with Gasteiger partial charge >= 0.3 is 5.97 Å². The van der Waals surface area contributed by atoms with E-state index in [-0.39, 0.29) is 6.42 Å². The molecule has 2 aromatic carbocycles. The van der Waals surface area contributed by atoms with Crippen LogP contribution in [0.25, 0.3) is 17.1 Å². The normalized spacial score (nSPS) is 11.4. The Morgan fingerprint density at radius 1 is 1.30 bits per heavy atom. The van der Waals surface area contributed by atoms with Crippen LogP contribution in [0.1, 0.15) is 29.5 Å². The zero-order chi connectivity index (χ0) is 19.6. The molecule has 0 fully saturated rings. The SMILES string of the molecule is Cc1cc(C=CCCC(=O)O)cc(C)c1Oc1cccc2c1nc(N)n2C. The third-order valence-corrected chi connectivity index (χ3v) is 4.44. The van der Waals surface area contributed by atoms with Crippen molar-refractivity contribution >= 4 is 29.0 Å². The van der Waals surface area contributed by atoms with Gasteiger partial charge in [-0.1, -0.05) is 18.2 Å². The van der Waals surface area contributed by atoms with Crippen molar-refractivity contribution in [2.75, 3.05) is 5.73 Å². The third kappa shape index (κ3) is 3.95. The van der Waals surface area contributed by atoms with Gasteiger partial charge in [0.15, 0.2) is 5.75 Å². The summed E-state index contributed by atoms with van der Waals surface area (Å²) in [7, 11) is 1.87. The van der Waals surface area contributed by atoms with Crippen LogP contribution in [0, 0.1) is 13.8 Å². The quantitative estimate of drug-likeness (QED) is 0.674. The minimum Gasteiger partial charge on any atom is -0.481 e. The first-order valence-electron chi connectivity index (χ1n) is 8.75. The largest absolute Gasteiger partial charge is 0.481 e. The monoisotopic (exact) mass is 365 g/mol. The second-order valence-electron chi connectivity index (χ2n) is 6.57. The lowest BCUT2D eigenvalue weighted by molar-refractivity contribution is -0.136. The summed E-state index contributed by atoms with van der Waals surface area (Å²) in [5.41, 5.74) is 10.6. The van der Waals surface area contributed by atoms with Gasteiger partial charge in [-0.3, -0.25) is 4.79 Å². The van der Waals surface area contributed by atoms with Gasteiger partial charge in [0.05, 0.1) is 5.52 Å². The second-order valence-corrected chi connectivity index (χ2v) is 6.57. The lowest BCUT2D eigenvalue weighted by Crippen LogP contribution is -1.95. The zero-order valence-electron chi connectivity index (χ0n) is 15.7. The number of aromatic nitrogens is 2. The first-order chi connectivity index (χ1) is 12.9. The van der Waals surface area contributed by atoms with E-state index in [1.807, 2.05) is 67.9 Å². The van der Waals surface area contributed by atoms with Gasteiger partial charge in [-0.15, -0.1) is 0 Å². The number of fused-ring (bicyclic) bond motifs is 1. The number of aryl methyl sites for hydroxylation is 3. The van der Waals surface area contributed by atoms with Crippen LogP contribution in [0.15, 0.2) is 36.4 Å². The number of hydrogen-bond donors (Lipinski definition) is 2. The van der Waals surface area contributed by atoms with E-state index < -0.39 is 5.97 Å². The van der Waals surface area contributed by atoms with Crippen LogP contribution in [0.3, 0.4) is 0 Å². The molecule has 3 aromatic rings. The Bertz CT molecular complexity index is 1010. The van der Waals surface area contributed by atoms with Gasteiger partial charge in [-0.05, 0) is 61.2 Å². The molecule has 0 amide bonds. The predicted octanol–water partition coefficient (Wildman–Crippen LogP) is 4.44. The number of carbonyl (C=O) groups is 1. The molecule has 0 radical (unpaired) electrons. The van der Waals surface area contributed by atoms with Gasteiger partial charge in [0.2, 0.25) is 5.95 Å². The van der Waals surface area contributed by atoms with E-state index in [9.17, 15) is 4.79 Å². The van der Waals surface area contributed by atoms with Crippen LogP contribution in [0.5, 0.6) is 11.5 Å². The predicted molar refractivity (Wildman–Crippen MR) is 107 cm³/mol. The van der Waals surface area contributed by atoms with E-state index in [0.717, 1.165) is 33.5 Å². The summed E-state index contributed by atoms with van der Waals surface area (Å²) >= 11 is 0. The van der Waals surface area contributed by atoms with Crippen molar-refractivity contribution in [1.29, 1.82) is 0 Å². The van der Waals surface area contributed by atoms with Crippen LogP contribution in [-0.2, 0) is 11.8 Å². The van der Waals surface area contributed by atoms with Crippen molar-refractivity contribution in [3.05, 3.63) is 53.1 Å². The maximum atomic E-state index is 10.6. The highest BCUT2D eigenvalue weighted by molar-refractivity contribution is 5.84. The van der Waals surface area contributed by atoms with E-state index in [4.69, 9.17) is 15.6 Å². The van der Waals surface area contributed by atoms with Crippen LogP contribution in [0.2, 0.25) is 0 Å². The number of nitrogen functional groups attached to an aromatic ring is 1. The highest BCUT2D eigenvalue weighted by Gasteiger charge is 2.13. The molecule has 0 aliphatic heterocycles. The minimum atomic E-state index is -0.792. The molecule has 0 atom stereocenters. The third-order valence-electron chi connectivity index (χ3n) is 4.44. The molecule has 0 bridgehead atoms. The number of imidazole rings is 1. The number of benzene rings is 2. The Kier molecular flexibility index (Phi) is 5.16. The van der Waals surface area contributed by atoms with E-state index >= 15 is 0 Å². The first-order valence-corrected chi connectivity index (χ1v) is 8.75. The Labute approximate surface area is 157 Å². The van der Waals surface area contributed by atoms with Crippen molar-refractivity contribution < 1.29 is 14.6 Å². The zero-order valence-corrected chi connectivity index (χ0v) is 15.7. The van der Waals surface area contributed by atoms with E-state index in [0.29, 0.717) is 18.1 Å². The van der Waals surface area contributed by atoms with Crippen molar-refractivity contribution in [1.82, 2.24) is 9.55 Å². The highest BCUT2D eigenvalue weighted by atomic mass is 16.5. The number of anilines is 1. The number of nitrogens with two attached hydrogens (primary N) is 1. The summed E-state index contributed by atoms with van der Waals surface area (Å²) < 4.78 is 8.03. The summed E-state index contributed by atoms with van der Waals surface area (Å²) in [6, 6.07) is 9.80. The number of allylic oxidation sites excluding steroid dienone is 1. The molecular formula is C21H23N3O3. The molecule has 1 aromatic heterocycles. The number of aliphatic carboxylic acids is 1. The van der Waals surface area contributed by atoms with Crippen LogP contribution >= 0.6 is 0 Å². The Morgan fingerprint density at radius 2 is 2.00 bits per heavy atom. The van der Waals surface area contributed by atoms with Gasteiger partial charge < -0.3 is 20.1 Å². The summed E-state index contributed by atoms with van der Waals surface area (Å²) in [6.45, 7) is 3.98. The molecule has 0 spiro atoms. The Hall–Kier alpha value is -3.28. The maximum absolute atomic E-state index is 10.6. The Balaban J connectivity index is 1.88. The number of carboxylic acid groups (broad SMARTS) is 1. The summed E-state index contributed by atoms with van der Waals surface area (Å²) in [5.74, 6) is 1.10. The molecule has 0 aliphatic carbocycles. The number of carboxylic acids is 1. The smallest absolute Gasteiger partial charge is 0.303 e. The van der Waals surface area contributed by atoms with E-state index in [1.165, 1.54) is 0 Å². The molecule has 3 N–H and O–H groups in total. The Morgan fingerprint density at radius 3 is 2.67 bits per heavy atom. The van der Waals surface area contributed by atoms with Crippen LogP contribution in [0.4, 0.5) is 5.95 Å². The summed E-state index contributed by atoms with van der Waals surface area (Å²) in [5, 5.41) is 8.70. The average Bonchev–Trinajstić information content (AvgIpc) is 2.90. The van der Waals surface area contributed by atoms with Crippen molar-refractivity contribution in [3.63, 3.8) is 0 Å². The van der Waals surface area contributed by atoms with Gasteiger partial charge in [-0.25, -0.2) is 4.98 Å². The summed E-state index contributed by atoms with van der Waals surface area (Å²) in [6.07, 6.45) is 4.45. The molecular weight excluding hydrogens is 342 g/mol. The van der Waals surface area contributed by atoms with Crippen molar-refractivity contribution in [2.24, 2.45) is 7.05 Å². The van der Waals surface area contributed by atoms with Crippen molar-refractivity contribution in [2.45, 2.75) is 26.7 Å². The number of para-hydroxylation sites is 1. The van der Waals surface area contributed by atoms with E-state index in [1.54, 1.807) is 0 Å². The first kappa shape index (κ1) is 18.5. The topological polar surface area (TPSA) is 90.4 Å². The van der Waals surface area contributed by atoms with Gasteiger partial charge in [0, 0.05) is 13.5 Å². The lowest BCUT2D eigenvalue weighted by atomic mass is 10.0. The molecule has 0 saturated carbocycles. The molecule has 0 saturated heterocycles. The molecule has 140 valence electrons. The van der Waals surface area contributed by atoms with Crippen LogP contribution in [-0.4, -0.2) is 20.6 Å². The lowest BCUT2D eigenvalue weighted by Gasteiger charge is -2.13. The number of hydrogen-bond acceptors (Lipinski definition) is 4. The number of nitrogens with zero attached hydrogens (tertiary/aromatic N) is 2. The average molecular weight is 365 g/mol. The van der Waals surface area contributed by atoms with Gasteiger partial charge in [0.1, 0.15) is 11.3 Å². The molecule has 6 nitrogen and oxygen atoms in total. The fraction of sp³-hybridized carbons (Fsp3) is 0.238. The molecule has 0 unspecified atom stereocenters. The maximum Gasteiger partial charge on any atom is 0.303 e.